The van der Waals surface area contributed by atoms with Gasteiger partial charge < -0.3 is 0 Å². The Kier molecular flexibility index (Phi) is 4.51. The number of rotatable bonds is 5. The third-order valence-electron chi connectivity index (χ3n) is 6.42. The van der Waals surface area contributed by atoms with Gasteiger partial charge in [0.2, 0.25) is 0 Å². The summed E-state index contributed by atoms with van der Waals surface area (Å²) in [5.41, 5.74) is 4.67. The van der Waals surface area contributed by atoms with E-state index in [0.29, 0.717) is 11.3 Å². The van der Waals surface area contributed by atoms with E-state index in [1.54, 1.807) is 0 Å². The van der Waals surface area contributed by atoms with Gasteiger partial charge in [-0.1, -0.05) is 49.2 Å². The van der Waals surface area contributed by atoms with Crippen LogP contribution in [-0.2, 0) is 13.1 Å². The summed E-state index contributed by atoms with van der Waals surface area (Å²) in [5, 5.41) is 4.53. The van der Waals surface area contributed by atoms with Crippen molar-refractivity contribution in [3.63, 3.8) is 0 Å². The van der Waals surface area contributed by atoms with Crippen molar-refractivity contribution in [1.29, 1.82) is 0 Å². The minimum atomic E-state index is 0.492. The van der Waals surface area contributed by atoms with Crippen LogP contribution >= 0.6 is 0 Å². The fourth-order valence-corrected chi connectivity index (χ4v) is 5.11. The first-order chi connectivity index (χ1) is 12.2. The molecule has 3 nitrogen and oxygen atoms in total. The fraction of sp³-hybridized carbons (Fsp3) is 0.500. The Morgan fingerprint density at radius 3 is 2.72 bits per heavy atom. The van der Waals surface area contributed by atoms with E-state index in [1.165, 1.54) is 55.6 Å². The number of benzene rings is 1. The molecule has 1 aliphatic carbocycles. The average molecular weight is 335 g/mol. The fourth-order valence-electron chi connectivity index (χ4n) is 5.11. The largest absolute Gasteiger partial charge is 0.298 e. The van der Waals surface area contributed by atoms with Gasteiger partial charge in [-0.05, 0) is 30.7 Å². The van der Waals surface area contributed by atoms with E-state index >= 15 is 0 Å². The van der Waals surface area contributed by atoms with Gasteiger partial charge in [-0.15, -0.1) is 6.58 Å². The second kappa shape index (κ2) is 6.80. The van der Waals surface area contributed by atoms with E-state index < -0.39 is 0 Å². The standard InChI is InChI=1S/C22H29N3/c1-3-13-25-18(2)20(14-23-25)15-24-16-21(19-9-5-4-6-10-19)22(17-24)11-7-8-12-22/h3-6,9-10,14,21H,1,7-8,11-13,15-17H2,2H3/t21-/m1/s1. The van der Waals surface area contributed by atoms with Crippen molar-refractivity contribution in [2.24, 2.45) is 5.41 Å². The molecule has 0 bridgehead atoms. The van der Waals surface area contributed by atoms with Crippen molar-refractivity contribution >= 4 is 0 Å². The predicted octanol–water partition coefficient (Wildman–Crippen LogP) is 4.54. The van der Waals surface area contributed by atoms with E-state index in [1.807, 2.05) is 6.08 Å². The van der Waals surface area contributed by atoms with Crippen molar-refractivity contribution in [1.82, 2.24) is 14.7 Å². The first-order valence-corrected chi connectivity index (χ1v) is 9.61. The van der Waals surface area contributed by atoms with Gasteiger partial charge >= 0.3 is 0 Å². The smallest absolute Gasteiger partial charge is 0.0590 e. The lowest BCUT2D eigenvalue weighted by molar-refractivity contribution is 0.247. The van der Waals surface area contributed by atoms with Crippen molar-refractivity contribution in [3.8, 4) is 0 Å². The van der Waals surface area contributed by atoms with E-state index in [4.69, 9.17) is 0 Å². The monoisotopic (exact) mass is 335 g/mol. The van der Waals surface area contributed by atoms with Crippen LogP contribution in [-0.4, -0.2) is 27.8 Å². The molecule has 25 heavy (non-hydrogen) atoms. The first kappa shape index (κ1) is 16.6. The Bertz CT molecular complexity index is 725. The van der Waals surface area contributed by atoms with Crippen molar-refractivity contribution < 1.29 is 0 Å². The lowest BCUT2D eigenvalue weighted by Crippen LogP contribution is -2.26. The molecule has 2 fully saturated rings. The molecule has 2 heterocycles. The zero-order chi connectivity index (χ0) is 17.3. The topological polar surface area (TPSA) is 21.1 Å². The van der Waals surface area contributed by atoms with Gasteiger partial charge in [0.1, 0.15) is 0 Å². The van der Waals surface area contributed by atoms with Crippen LogP contribution in [0.2, 0.25) is 0 Å². The molecule has 1 spiro atoms. The lowest BCUT2D eigenvalue weighted by atomic mass is 9.73. The molecule has 3 heteroatoms. The van der Waals surface area contributed by atoms with Crippen LogP contribution in [0, 0.1) is 12.3 Å². The minimum Gasteiger partial charge on any atom is -0.298 e. The molecule has 132 valence electrons. The highest BCUT2D eigenvalue weighted by Gasteiger charge is 2.48. The Labute approximate surface area is 151 Å². The summed E-state index contributed by atoms with van der Waals surface area (Å²) >= 11 is 0. The summed E-state index contributed by atoms with van der Waals surface area (Å²) in [6.45, 7) is 10.2. The molecule has 1 saturated heterocycles. The molecule has 0 amide bonds. The molecule has 1 aliphatic heterocycles. The van der Waals surface area contributed by atoms with E-state index in [2.05, 4.69) is 64.7 Å². The third-order valence-corrected chi connectivity index (χ3v) is 6.42. The molecule has 1 aromatic carbocycles. The summed E-state index contributed by atoms with van der Waals surface area (Å²) in [4.78, 5) is 2.67. The number of aromatic nitrogens is 2. The van der Waals surface area contributed by atoms with Gasteiger partial charge in [-0.2, -0.15) is 5.10 Å². The molecule has 1 aromatic heterocycles. The van der Waals surface area contributed by atoms with Crippen molar-refractivity contribution in [2.45, 2.75) is 51.6 Å². The first-order valence-electron chi connectivity index (χ1n) is 9.61. The lowest BCUT2D eigenvalue weighted by Gasteiger charge is -2.30. The van der Waals surface area contributed by atoms with Gasteiger partial charge in [-0.3, -0.25) is 9.58 Å². The minimum absolute atomic E-state index is 0.492. The van der Waals surface area contributed by atoms with Crippen molar-refractivity contribution in [3.05, 3.63) is 66.0 Å². The highest BCUT2D eigenvalue weighted by molar-refractivity contribution is 5.26. The molecule has 1 atom stereocenters. The number of hydrogen-bond acceptors (Lipinski definition) is 2. The molecule has 2 aromatic rings. The number of nitrogens with zero attached hydrogens (tertiary/aromatic N) is 3. The van der Waals surface area contributed by atoms with Crippen LogP contribution in [0.15, 0.2) is 49.2 Å². The summed E-state index contributed by atoms with van der Waals surface area (Å²) in [6.07, 6.45) is 9.53. The molecule has 0 unspecified atom stereocenters. The number of likely N-dealkylation sites (tertiary alicyclic amines) is 1. The second-order valence-corrected chi connectivity index (χ2v) is 7.93. The molecule has 2 aliphatic rings. The Hall–Kier alpha value is -1.87. The summed E-state index contributed by atoms with van der Waals surface area (Å²) < 4.78 is 2.05. The Morgan fingerprint density at radius 1 is 1.24 bits per heavy atom. The van der Waals surface area contributed by atoms with E-state index in [0.717, 1.165) is 13.1 Å². The predicted molar refractivity (Wildman–Crippen MR) is 103 cm³/mol. The highest BCUT2D eigenvalue weighted by Crippen LogP contribution is 2.53. The van der Waals surface area contributed by atoms with Gasteiger partial charge in [0, 0.05) is 36.8 Å². The zero-order valence-electron chi connectivity index (χ0n) is 15.3. The normalized spacial score (nSPS) is 22.7. The van der Waals surface area contributed by atoms with Gasteiger partial charge in [0.15, 0.2) is 0 Å². The van der Waals surface area contributed by atoms with Gasteiger partial charge in [-0.25, -0.2) is 0 Å². The summed E-state index contributed by atoms with van der Waals surface area (Å²) in [7, 11) is 0. The van der Waals surface area contributed by atoms with Crippen LogP contribution < -0.4 is 0 Å². The van der Waals surface area contributed by atoms with Crippen LogP contribution in [0.3, 0.4) is 0 Å². The number of hydrogen-bond donors (Lipinski definition) is 0. The molecule has 1 saturated carbocycles. The maximum Gasteiger partial charge on any atom is 0.0590 e. The Morgan fingerprint density at radius 2 is 2.00 bits per heavy atom. The molecule has 4 rings (SSSR count). The van der Waals surface area contributed by atoms with Crippen LogP contribution in [0.4, 0.5) is 0 Å². The van der Waals surface area contributed by atoms with Crippen molar-refractivity contribution in [2.75, 3.05) is 13.1 Å². The number of allylic oxidation sites excluding steroid dienone is 1. The van der Waals surface area contributed by atoms with Gasteiger partial charge in [0.05, 0.1) is 12.7 Å². The molecule has 0 N–H and O–H groups in total. The summed E-state index contributed by atoms with van der Waals surface area (Å²) in [5.74, 6) is 0.680. The van der Waals surface area contributed by atoms with E-state index in [-0.39, 0.29) is 0 Å². The third kappa shape index (κ3) is 3.06. The zero-order valence-corrected chi connectivity index (χ0v) is 15.3. The molecule has 0 radical (unpaired) electrons. The maximum atomic E-state index is 4.53. The van der Waals surface area contributed by atoms with E-state index in [9.17, 15) is 0 Å². The molecular formula is C22H29N3. The maximum absolute atomic E-state index is 4.53. The molecular weight excluding hydrogens is 306 g/mol. The second-order valence-electron chi connectivity index (χ2n) is 7.93. The van der Waals surface area contributed by atoms with Crippen LogP contribution in [0.25, 0.3) is 0 Å². The average Bonchev–Trinajstić information content (AvgIpc) is 3.33. The SMILES string of the molecule is C=CCn1ncc(CN2C[C@H](c3ccccc3)C3(CCCC3)C2)c1C. The summed E-state index contributed by atoms with van der Waals surface area (Å²) in [6, 6.07) is 11.2. The van der Waals surface area contributed by atoms with Gasteiger partial charge in [0.25, 0.3) is 0 Å². The Balaban J connectivity index is 1.55. The van der Waals surface area contributed by atoms with Crippen LogP contribution in [0.1, 0.15) is 48.4 Å². The highest BCUT2D eigenvalue weighted by atomic mass is 15.3. The quantitative estimate of drug-likeness (QED) is 0.748. The van der Waals surface area contributed by atoms with Crippen LogP contribution in [0.5, 0.6) is 0 Å².